The normalized spacial score (nSPS) is 19.2. The lowest BCUT2D eigenvalue weighted by molar-refractivity contribution is -0.169. The first kappa shape index (κ1) is 16.1. The first-order valence-electron chi connectivity index (χ1n) is 6.52. The lowest BCUT2D eigenvalue weighted by atomic mass is 9.84. The summed E-state index contributed by atoms with van der Waals surface area (Å²) in [6.45, 7) is 3.35. The number of likely N-dealkylation sites (tertiary alicyclic amines) is 1. The molecule has 20 heavy (non-hydrogen) atoms. The van der Waals surface area contributed by atoms with Gasteiger partial charge in [0, 0.05) is 13.5 Å². The number of ketones is 1. The number of rotatable bonds is 5. The highest BCUT2D eigenvalue weighted by Gasteiger charge is 2.45. The van der Waals surface area contributed by atoms with Crippen molar-refractivity contribution < 1.29 is 28.7 Å². The highest BCUT2D eigenvalue weighted by Crippen LogP contribution is 2.25. The summed E-state index contributed by atoms with van der Waals surface area (Å²) in [4.78, 5) is 48.7. The molecular weight excluding hydrogens is 266 g/mol. The minimum atomic E-state index is -1.38. The van der Waals surface area contributed by atoms with E-state index in [0.29, 0.717) is 0 Å². The van der Waals surface area contributed by atoms with Crippen LogP contribution in [-0.2, 0) is 28.7 Å². The van der Waals surface area contributed by atoms with Gasteiger partial charge in [-0.05, 0) is 13.8 Å². The van der Waals surface area contributed by atoms with Gasteiger partial charge in [-0.25, -0.2) is 0 Å². The van der Waals surface area contributed by atoms with Crippen LogP contribution in [0.15, 0.2) is 0 Å². The van der Waals surface area contributed by atoms with Gasteiger partial charge in [-0.3, -0.25) is 19.2 Å². The molecule has 0 aromatic heterocycles. The lowest BCUT2D eigenvalue weighted by Gasteiger charge is -2.31. The molecule has 7 nitrogen and oxygen atoms in total. The molecule has 1 rings (SSSR count). The summed E-state index contributed by atoms with van der Waals surface area (Å²) >= 11 is 0. The molecule has 1 aliphatic rings. The van der Waals surface area contributed by atoms with Gasteiger partial charge in [0.25, 0.3) is 0 Å². The topological polar surface area (TPSA) is 90.0 Å². The predicted octanol–water partition coefficient (Wildman–Crippen LogP) is -0.224. The Morgan fingerprint density at radius 1 is 1.20 bits per heavy atom. The third-order valence-corrected chi connectivity index (χ3v) is 3.04. The number of esters is 2. The second-order valence-electron chi connectivity index (χ2n) is 4.53. The first-order chi connectivity index (χ1) is 9.42. The Kier molecular flexibility index (Phi) is 5.66. The van der Waals surface area contributed by atoms with E-state index in [1.807, 2.05) is 0 Å². The fraction of sp³-hybridized carbons (Fsp3) is 0.692. The molecule has 0 aliphatic carbocycles. The number of Topliss-reactive ketones (excluding diaryl/α,β-unsaturated/α-hetero) is 1. The van der Waals surface area contributed by atoms with Crippen molar-refractivity contribution in [2.24, 2.45) is 11.8 Å². The number of hydrogen-bond donors (Lipinski definition) is 0. The Balaban J connectivity index is 3.01. The van der Waals surface area contributed by atoms with Gasteiger partial charge in [0.2, 0.25) is 5.91 Å². The summed E-state index contributed by atoms with van der Waals surface area (Å²) in [7, 11) is 1.46. The number of carbonyl (C=O) groups is 4. The maximum Gasteiger partial charge on any atom is 0.321 e. The average Bonchev–Trinajstić information content (AvgIpc) is 2.36. The largest absolute Gasteiger partial charge is 0.465 e. The molecule has 1 atom stereocenters. The second kappa shape index (κ2) is 7.02. The zero-order valence-corrected chi connectivity index (χ0v) is 11.9. The number of carbonyl (C=O) groups excluding carboxylic acids is 4. The summed E-state index contributed by atoms with van der Waals surface area (Å²) in [5.74, 6) is -4.69. The molecule has 1 unspecified atom stereocenters. The molecule has 0 radical (unpaired) electrons. The molecule has 0 saturated carbocycles. The van der Waals surface area contributed by atoms with Gasteiger partial charge in [0.1, 0.15) is 0 Å². The molecule has 0 aromatic rings. The van der Waals surface area contributed by atoms with Gasteiger partial charge < -0.3 is 14.4 Å². The van der Waals surface area contributed by atoms with Crippen LogP contribution >= 0.6 is 0 Å². The monoisotopic (exact) mass is 285 g/mol. The van der Waals surface area contributed by atoms with Crippen LogP contribution in [0, 0.1) is 11.8 Å². The van der Waals surface area contributed by atoms with E-state index in [1.54, 1.807) is 13.8 Å². The summed E-state index contributed by atoms with van der Waals surface area (Å²) in [6, 6.07) is 0. The van der Waals surface area contributed by atoms with E-state index in [4.69, 9.17) is 9.47 Å². The van der Waals surface area contributed by atoms with E-state index in [9.17, 15) is 19.2 Å². The van der Waals surface area contributed by atoms with Gasteiger partial charge in [-0.1, -0.05) is 0 Å². The fourth-order valence-corrected chi connectivity index (χ4v) is 2.17. The van der Waals surface area contributed by atoms with Gasteiger partial charge >= 0.3 is 11.9 Å². The molecule has 0 aromatic carbocycles. The number of hydrogen-bond acceptors (Lipinski definition) is 6. The van der Waals surface area contributed by atoms with Gasteiger partial charge in [0.05, 0.1) is 25.7 Å². The van der Waals surface area contributed by atoms with E-state index in [1.165, 1.54) is 11.9 Å². The van der Waals surface area contributed by atoms with Gasteiger partial charge in [-0.2, -0.15) is 0 Å². The molecule has 1 saturated heterocycles. The Labute approximate surface area is 117 Å². The molecule has 0 spiro atoms. The van der Waals surface area contributed by atoms with Crippen molar-refractivity contribution >= 4 is 23.6 Å². The number of amides is 1. The summed E-state index contributed by atoms with van der Waals surface area (Å²) in [5, 5.41) is 0. The van der Waals surface area contributed by atoms with E-state index in [0.717, 1.165) is 0 Å². The highest BCUT2D eigenvalue weighted by molar-refractivity contribution is 6.03. The van der Waals surface area contributed by atoms with E-state index in [-0.39, 0.29) is 32.0 Å². The van der Waals surface area contributed by atoms with Crippen molar-refractivity contribution in [2.45, 2.75) is 20.3 Å². The molecule has 1 heterocycles. The van der Waals surface area contributed by atoms with Crippen LogP contribution in [0.5, 0.6) is 0 Å². The van der Waals surface area contributed by atoms with E-state index >= 15 is 0 Å². The third kappa shape index (κ3) is 3.55. The Bertz CT molecular complexity index is 401. The highest BCUT2D eigenvalue weighted by atomic mass is 16.6. The van der Waals surface area contributed by atoms with Crippen LogP contribution in [0.3, 0.4) is 0 Å². The Hall–Kier alpha value is -1.92. The van der Waals surface area contributed by atoms with Crippen LogP contribution in [0.1, 0.15) is 20.3 Å². The quantitative estimate of drug-likeness (QED) is 0.512. The zero-order valence-electron chi connectivity index (χ0n) is 11.9. The second-order valence-corrected chi connectivity index (χ2v) is 4.53. The van der Waals surface area contributed by atoms with Crippen molar-refractivity contribution in [3.8, 4) is 0 Å². The van der Waals surface area contributed by atoms with Crippen molar-refractivity contribution in [2.75, 3.05) is 26.8 Å². The Morgan fingerprint density at radius 3 is 2.15 bits per heavy atom. The molecular formula is C13H19NO6. The number of nitrogens with zero attached hydrogens (tertiary/aromatic N) is 1. The molecule has 1 fully saturated rings. The van der Waals surface area contributed by atoms with E-state index in [2.05, 4.69) is 0 Å². The molecule has 0 N–H and O–H groups in total. The van der Waals surface area contributed by atoms with E-state index < -0.39 is 29.7 Å². The minimum absolute atomic E-state index is 0.00625. The number of piperidine rings is 1. The van der Waals surface area contributed by atoms with Crippen molar-refractivity contribution in [1.29, 1.82) is 0 Å². The summed E-state index contributed by atoms with van der Waals surface area (Å²) < 4.78 is 9.64. The summed E-state index contributed by atoms with van der Waals surface area (Å²) in [6.07, 6.45) is -0.147. The standard InChI is InChI=1S/C13H19NO6/c1-4-19-12(17)10(13(18)20-5-2)9-6-8(15)7-14(3)11(9)16/h9-10H,4-7H2,1-3H3. The minimum Gasteiger partial charge on any atom is -0.465 e. The third-order valence-electron chi connectivity index (χ3n) is 3.04. The fourth-order valence-electron chi connectivity index (χ4n) is 2.17. The van der Waals surface area contributed by atoms with Crippen molar-refractivity contribution in [3.05, 3.63) is 0 Å². The molecule has 0 bridgehead atoms. The van der Waals surface area contributed by atoms with Crippen LogP contribution in [0.4, 0.5) is 0 Å². The van der Waals surface area contributed by atoms with Crippen LogP contribution in [-0.4, -0.2) is 55.3 Å². The number of ether oxygens (including phenoxy) is 2. The van der Waals surface area contributed by atoms with Crippen molar-refractivity contribution in [1.82, 2.24) is 4.90 Å². The maximum absolute atomic E-state index is 12.1. The van der Waals surface area contributed by atoms with Gasteiger partial charge in [0.15, 0.2) is 11.7 Å². The number of likely N-dealkylation sites (N-methyl/N-ethyl adjacent to an activating group) is 1. The van der Waals surface area contributed by atoms with Crippen molar-refractivity contribution in [3.63, 3.8) is 0 Å². The molecule has 1 amide bonds. The zero-order chi connectivity index (χ0) is 15.3. The molecule has 1 aliphatic heterocycles. The molecule has 7 heteroatoms. The summed E-state index contributed by atoms with van der Waals surface area (Å²) in [5.41, 5.74) is 0. The lowest BCUT2D eigenvalue weighted by Crippen LogP contribution is -2.50. The SMILES string of the molecule is CCOC(=O)C(C(=O)OCC)C1CC(=O)CN(C)C1=O. The maximum atomic E-state index is 12.1. The van der Waals surface area contributed by atoms with Crippen LogP contribution in [0.25, 0.3) is 0 Å². The average molecular weight is 285 g/mol. The van der Waals surface area contributed by atoms with Crippen LogP contribution < -0.4 is 0 Å². The van der Waals surface area contributed by atoms with Gasteiger partial charge in [-0.15, -0.1) is 0 Å². The first-order valence-corrected chi connectivity index (χ1v) is 6.52. The smallest absolute Gasteiger partial charge is 0.321 e. The Morgan fingerprint density at radius 2 is 1.70 bits per heavy atom. The predicted molar refractivity (Wildman–Crippen MR) is 67.5 cm³/mol. The molecule has 112 valence electrons. The van der Waals surface area contributed by atoms with Crippen LogP contribution in [0.2, 0.25) is 0 Å².